The lowest BCUT2D eigenvalue weighted by Gasteiger charge is -2.27. The average molecular weight is 394 g/mol. The second kappa shape index (κ2) is 5.19. The molecule has 10 nitrogen and oxygen atoms in total. The third-order valence-corrected chi connectivity index (χ3v) is 6.18. The summed E-state index contributed by atoms with van der Waals surface area (Å²) in [5, 5.41) is 0.879. The van der Waals surface area contributed by atoms with Gasteiger partial charge in [-0.15, -0.1) is 0 Å². The minimum Gasteiger partial charge on any atom is -0.398 e. The molecular formula is C19H26N10. The molecule has 0 aromatic heterocycles. The Morgan fingerprint density at radius 2 is 0.862 bits per heavy atom. The first-order valence-electron chi connectivity index (χ1n) is 8.89. The molecule has 0 fully saturated rings. The lowest BCUT2D eigenvalue weighted by Crippen LogP contribution is -2.46. The van der Waals surface area contributed by atoms with E-state index >= 15 is 0 Å². The number of benzene rings is 3. The summed E-state index contributed by atoms with van der Waals surface area (Å²) in [6.07, 6.45) is 0. The lowest BCUT2D eigenvalue weighted by atomic mass is 9.88. The van der Waals surface area contributed by atoms with Gasteiger partial charge in [-0.3, -0.25) is 0 Å². The van der Waals surface area contributed by atoms with Crippen LogP contribution in [0.3, 0.4) is 0 Å². The van der Waals surface area contributed by atoms with Crippen molar-refractivity contribution in [3.8, 4) is 11.1 Å². The van der Waals surface area contributed by atoms with Crippen LogP contribution in [0, 0.1) is 13.8 Å². The summed E-state index contributed by atoms with van der Waals surface area (Å²) in [6, 6.07) is 0. The Hall–Kier alpha value is -3.76. The SMILES string of the molecule is Cc1c(N)c(N)c2c(c1N)C(N)(N)c1c-2c(N)c(N)c2c(N)c(C)c(N)c(N)c12. The first kappa shape index (κ1) is 18.6. The molecule has 0 saturated carbocycles. The van der Waals surface area contributed by atoms with Crippen molar-refractivity contribution in [1.29, 1.82) is 0 Å². The van der Waals surface area contributed by atoms with E-state index in [1.54, 1.807) is 13.8 Å². The Morgan fingerprint density at radius 1 is 0.448 bits per heavy atom. The largest absolute Gasteiger partial charge is 0.398 e. The highest BCUT2D eigenvalue weighted by Gasteiger charge is 2.45. The zero-order chi connectivity index (χ0) is 21.7. The number of hydrogen-bond donors (Lipinski definition) is 10. The van der Waals surface area contributed by atoms with Crippen molar-refractivity contribution in [3.05, 3.63) is 22.3 Å². The van der Waals surface area contributed by atoms with Crippen LogP contribution in [0.4, 0.5) is 45.5 Å². The van der Waals surface area contributed by atoms with Gasteiger partial charge in [-0.1, -0.05) is 0 Å². The fourth-order valence-electron chi connectivity index (χ4n) is 4.43. The average Bonchev–Trinajstić information content (AvgIpc) is 2.91. The molecular weight excluding hydrogens is 368 g/mol. The molecule has 29 heavy (non-hydrogen) atoms. The highest BCUT2D eigenvalue weighted by Crippen LogP contribution is 2.59. The normalized spacial score (nSPS) is 14.2. The summed E-state index contributed by atoms with van der Waals surface area (Å²) in [6.45, 7) is 3.49. The van der Waals surface area contributed by atoms with E-state index < -0.39 is 5.66 Å². The molecule has 4 rings (SSSR count). The third kappa shape index (κ3) is 1.86. The molecule has 0 unspecified atom stereocenters. The molecule has 0 atom stereocenters. The molecule has 0 heterocycles. The molecule has 1 aliphatic carbocycles. The fraction of sp³-hybridized carbons (Fsp3) is 0.158. The number of nitrogen functional groups attached to an aromatic ring is 8. The zero-order valence-electron chi connectivity index (χ0n) is 16.3. The summed E-state index contributed by atoms with van der Waals surface area (Å²) in [5.41, 5.74) is 67.6. The van der Waals surface area contributed by atoms with Gasteiger partial charge in [-0.05, 0) is 25.0 Å². The van der Waals surface area contributed by atoms with Gasteiger partial charge in [0.1, 0.15) is 5.66 Å². The Bertz CT molecular complexity index is 1270. The van der Waals surface area contributed by atoms with Crippen LogP contribution in [0.1, 0.15) is 22.3 Å². The van der Waals surface area contributed by atoms with Gasteiger partial charge >= 0.3 is 0 Å². The van der Waals surface area contributed by atoms with E-state index in [0.29, 0.717) is 66.9 Å². The molecule has 0 radical (unpaired) electrons. The van der Waals surface area contributed by atoms with Gasteiger partial charge in [0.05, 0.1) is 34.1 Å². The van der Waals surface area contributed by atoms with E-state index in [0.717, 1.165) is 0 Å². The van der Waals surface area contributed by atoms with Crippen LogP contribution in [0.15, 0.2) is 0 Å². The number of nitrogens with two attached hydrogens (primary N) is 10. The Labute approximate surface area is 167 Å². The van der Waals surface area contributed by atoms with E-state index in [-0.39, 0.29) is 22.7 Å². The minimum atomic E-state index is -1.58. The predicted octanol–water partition coefficient (Wildman–Crippen LogP) is 0.213. The second-order valence-corrected chi connectivity index (χ2v) is 7.68. The van der Waals surface area contributed by atoms with Gasteiger partial charge in [-0.2, -0.15) is 0 Å². The van der Waals surface area contributed by atoms with E-state index in [1.165, 1.54) is 0 Å². The Balaban J connectivity index is 2.39. The van der Waals surface area contributed by atoms with Gasteiger partial charge < -0.3 is 57.3 Å². The number of hydrogen-bond acceptors (Lipinski definition) is 10. The molecule has 3 aromatic rings. The molecule has 10 heteroatoms. The summed E-state index contributed by atoms with van der Waals surface area (Å²) in [5.74, 6) is 0. The van der Waals surface area contributed by atoms with Gasteiger partial charge in [0.15, 0.2) is 0 Å². The van der Waals surface area contributed by atoms with Crippen molar-refractivity contribution >= 4 is 56.3 Å². The Kier molecular flexibility index (Phi) is 3.33. The van der Waals surface area contributed by atoms with E-state index in [2.05, 4.69) is 0 Å². The first-order chi connectivity index (χ1) is 13.4. The van der Waals surface area contributed by atoms with Gasteiger partial charge in [0, 0.05) is 44.4 Å². The molecule has 0 aliphatic heterocycles. The van der Waals surface area contributed by atoms with Crippen LogP contribution in [-0.4, -0.2) is 0 Å². The van der Waals surface area contributed by atoms with E-state index in [9.17, 15) is 0 Å². The van der Waals surface area contributed by atoms with Crippen LogP contribution in [0.25, 0.3) is 21.9 Å². The molecule has 0 spiro atoms. The second-order valence-electron chi connectivity index (χ2n) is 7.68. The molecule has 152 valence electrons. The summed E-state index contributed by atoms with van der Waals surface area (Å²) >= 11 is 0. The van der Waals surface area contributed by atoms with Crippen LogP contribution in [-0.2, 0) is 5.66 Å². The zero-order valence-corrected chi connectivity index (χ0v) is 16.3. The maximum absolute atomic E-state index is 6.65. The smallest absolute Gasteiger partial charge is 0.120 e. The highest BCUT2D eigenvalue weighted by atomic mass is 15.0. The molecule has 0 amide bonds. The molecule has 20 N–H and O–H groups in total. The standard InChI is InChI=1S/C19H26N10/c1-3-11(20)8-7(16(25)13(3)22)9-5(17(26)18(8)27)6-10(19(9,28)29)12(21)4(2)14(23)15(6)24/h20-29H2,1-2H3. The molecule has 0 saturated heterocycles. The quantitative estimate of drug-likeness (QED) is 0.141. The van der Waals surface area contributed by atoms with E-state index in [1.807, 2.05) is 0 Å². The predicted molar refractivity (Wildman–Crippen MR) is 123 cm³/mol. The van der Waals surface area contributed by atoms with Crippen LogP contribution in [0.2, 0.25) is 0 Å². The molecule has 1 aliphatic rings. The van der Waals surface area contributed by atoms with Gasteiger partial charge in [0.25, 0.3) is 0 Å². The monoisotopic (exact) mass is 394 g/mol. The molecule has 3 aromatic carbocycles. The summed E-state index contributed by atoms with van der Waals surface area (Å²) in [7, 11) is 0. The molecule has 0 bridgehead atoms. The maximum atomic E-state index is 6.65. The summed E-state index contributed by atoms with van der Waals surface area (Å²) in [4.78, 5) is 0. The third-order valence-electron chi connectivity index (χ3n) is 6.18. The van der Waals surface area contributed by atoms with Crippen LogP contribution >= 0.6 is 0 Å². The number of rotatable bonds is 0. The summed E-state index contributed by atoms with van der Waals surface area (Å²) < 4.78 is 0. The van der Waals surface area contributed by atoms with Gasteiger partial charge in [0.2, 0.25) is 0 Å². The fourth-order valence-corrected chi connectivity index (χ4v) is 4.43. The van der Waals surface area contributed by atoms with Crippen molar-refractivity contribution in [2.24, 2.45) is 11.5 Å². The number of anilines is 8. The maximum Gasteiger partial charge on any atom is 0.120 e. The highest BCUT2D eigenvalue weighted by molar-refractivity contribution is 6.22. The van der Waals surface area contributed by atoms with Crippen molar-refractivity contribution in [2.75, 3.05) is 45.9 Å². The van der Waals surface area contributed by atoms with Crippen molar-refractivity contribution < 1.29 is 0 Å². The van der Waals surface area contributed by atoms with E-state index in [4.69, 9.17) is 57.3 Å². The van der Waals surface area contributed by atoms with Crippen molar-refractivity contribution in [1.82, 2.24) is 0 Å². The Morgan fingerprint density at radius 3 is 1.45 bits per heavy atom. The lowest BCUT2D eigenvalue weighted by molar-refractivity contribution is 0.591. The van der Waals surface area contributed by atoms with Crippen molar-refractivity contribution in [3.63, 3.8) is 0 Å². The number of fused-ring (bicyclic) bond motifs is 5. The van der Waals surface area contributed by atoms with Crippen molar-refractivity contribution in [2.45, 2.75) is 19.5 Å². The first-order valence-corrected chi connectivity index (χ1v) is 8.89. The van der Waals surface area contributed by atoms with Crippen LogP contribution in [0.5, 0.6) is 0 Å². The van der Waals surface area contributed by atoms with Crippen LogP contribution < -0.4 is 57.3 Å². The topological polar surface area (TPSA) is 260 Å². The minimum absolute atomic E-state index is 0.219. The van der Waals surface area contributed by atoms with Gasteiger partial charge in [-0.25, -0.2) is 0 Å².